The van der Waals surface area contributed by atoms with E-state index < -0.39 is 9.84 Å². The molecule has 2 rings (SSSR count). The number of aliphatic imine (C=N–C) groups is 1. The molecule has 0 aliphatic carbocycles. The third-order valence-corrected chi connectivity index (χ3v) is 5.66. The second-order valence-electron chi connectivity index (χ2n) is 5.66. The first-order valence-corrected chi connectivity index (χ1v) is 8.54. The first-order chi connectivity index (χ1) is 8.46. The molecule has 0 saturated carbocycles. The number of sulfone groups is 1. The first-order valence-electron chi connectivity index (χ1n) is 6.71. The van der Waals surface area contributed by atoms with Crippen molar-refractivity contribution in [3.05, 3.63) is 0 Å². The topological polar surface area (TPSA) is 75.8 Å². The Morgan fingerprint density at radius 1 is 1.42 bits per heavy atom. The first kappa shape index (κ1) is 17.0. The second kappa shape index (κ2) is 7.10. The van der Waals surface area contributed by atoms with Gasteiger partial charge in [-0.15, -0.1) is 24.0 Å². The van der Waals surface area contributed by atoms with Gasteiger partial charge in [0.05, 0.1) is 11.5 Å². The van der Waals surface area contributed by atoms with Gasteiger partial charge in [-0.25, -0.2) is 8.42 Å². The molecule has 0 bridgehead atoms. The number of rotatable bonds is 2. The van der Waals surface area contributed by atoms with Crippen molar-refractivity contribution < 1.29 is 8.42 Å². The molecule has 5 nitrogen and oxygen atoms in total. The summed E-state index contributed by atoms with van der Waals surface area (Å²) in [6.07, 6.45) is 3.15. The average Bonchev–Trinajstić information content (AvgIpc) is 2.66. The molecule has 0 aromatic rings. The van der Waals surface area contributed by atoms with Gasteiger partial charge in [-0.1, -0.05) is 6.92 Å². The maximum atomic E-state index is 11.3. The summed E-state index contributed by atoms with van der Waals surface area (Å²) in [6.45, 7) is 4.72. The van der Waals surface area contributed by atoms with Crippen LogP contribution < -0.4 is 5.73 Å². The fraction of sp³-hybridized carbons (Fsp3) is 0.917. The summed E-state index contributed by atoms with van der Waals surface area (Å²) in [6, 6.07) is 0. The Balaban J connectivity index is 0.00000180. The highest BCUT2D eigenvalue weighted by atomic mass is 127. The molecule has 0 spiro atoms. The molecule has 0 amide bonds. The number of likely N-dealkylation sites (tertiary alicyclic amines) is 1. The van der Waals surface area contributed by atoms with E-state index in [-0.39, 0.29) is 35.6 Å². The summed E-state index contributed by atoms with van der Waals surface area (Å²) in [4.78, 5) is 6.51. The van der Waals surface area contributed by atoms with Crippen molar-refractivity contribution in [2.45, 2.75) is 26.2 Å². The van der Waals surface area contributed by atoms with Gasteiger partial charge >= 0.3 is 0 Å². The molecule has 19 heavy (non-hydrogen) atoms. The van der Waals surface area contributed by atoms with Crippen molar-refractivity contribution >= 4 is 39.8 Å². The van der Waals surface area contributed by atoms with Crippen LogP contribution in [0.3, 0.4) is 0 Å². The van der Waals surface area contributed by atoms with Gasteiger partial charge < -0.3 is 10.6 Å². The summed E-state index contributed by atoms with van der Waals surface area (Å²) in [5.41, 5.74) is 5.98. The minimum atomic E-state index is -2.80. The van der Waals surface area contributed by atoms with Crippen LogP contribution in [0.15, 0.2) is 4.99 Å². The van der Waals surface area contributed by atoms with E-state index in [9.17, 15) is 8.42 Å². The fourth-order valence-corrected chi connectivity index (χ4v) is 4.59. The Hall–Kier alpha value is -0.0500. The molecule has 2 saturated heterocycles. The van der Waals surface area contributed by atoms with Crippen molar-refractivity contribution in [3.63, 3.8) is 0 Å². The molecule has 0 aromatic carbocycles. The van der Waals surface area contributed by atoms with Crippen molar-refractivity contribution in [3.8, 4) is 0 Å². The van der Waals surface area contributed by atoms with E-state index in [0.717, 1.165) is 25.9 Å². The monoisotopic (exact) mass is 401 g/mol. The highest BCUT2D eigenvalue weighted by Crippen LogP contribution is 2.19. The van der Waals surface area contributed by atoms with Crippen LogP contribution in [0.5, 0.6) is 0 Å². The summed E-state index contributed by atoms with van der Waals surface area (Å²) in [7, 11) is -2.80. The van der Waals surface area contributed by atoms with Crippen LogP contribution in [0.1, 0.15) is 26.2 Å². The van der Waals surface area contributed by atoms with E-state index in [4.69, 9.17) is 5.73 Å². The Kier molecular flexibility index (Phi) is 6.35. The van der Waals surface area contributed by atoms with Crippen LogP contribution in [0.4, 0.5) is 0 Å². The number of hydrogen-bond acceptors (Lipinski definition) is 3. The largest absolute Gasteiger partial charge is 0.370 e. The summed E-state index contributed by atoms with van der Waals surface area (Å²) in [5, 5.41) is 0. The maximum Gasteiger partial charge on any atom is 0.191 e. The molecule has 0 aromatic heterocycles. The lowest BCUT2D eigenvalue weighted by atomic mass is 10.0. The lowest BCUT2D eigenvalue weighted by molar-refractivity contribution is 0.270. The number of nitrogens with two attached hydrogens (primary N) is 1. The van der Waals surface area contributed by atoms with Crippen LogP contribution in [-0.4, -0.2) is 50.4 Å². The number of guanidine groups is 1. The molecule has 2 aliphatic rings. The van der Waals surface area contributed by atoms with Gasteiger partial charge in [0.15, 0.2) is 15.8 Å². The van der Waals surface area contributed by atoms with Crippen molar-refractivity contribution in [2.24, 2.45) is 22.6 Å². The molecule has 2 heterocycles. The third-order valence-electron chi connectivity index (χ3n) is 3.82. The number of hydrogen-bond donors (Lipinski definition) is 1. The minimum absolute atomic E-state index is 0. The molecule has 2 aliphatic heterocycles. The quantitative estimate of drug-likeness (QED) is 0.427. The molecule has 2 N–H and O–H groups in total. The van der Waals surface area contributed by atoms with E-state index in [1.807, 2.05) is 0 Å². The normalized spacial score (nSPS) is 31.0. The number of halogens is 1. The van der Waals surface area contributed by atoms with E-state index in [2.05, 4.69) is 16.8 Å². The molecular formula is C12H24IN3O2S. The SMILES string of the molecule is CC1CCCN(C(N)=NCC2CCS(=O)(=O)C2)C1.I. The molecule has 112 valence electrons. The lowest BCUT2D eigenvalue weighted by Crippen LogP contribution is -2.43. The van der Waals surface area contributed by atoms with Crippen LogP contribution in [0.2, 0.25) is 0 Å². The molecule has 2 atom stereocenters. The van der Waals surface area contributed by atoms with E-state index >= 15 is 0 Å². The molecular weight excluding hydrogens is 377 g/mol. The molecule has 0 radical (unpaired) electrons. The van der Waals surface area contributed by atoms with Gasteiger partial charge in [-0.05, 0) is 31.1 Å². The van der Waals surface area contributed by atoms with Crippen LogP contribution in [0.25, 0.3) is 0 Å². The van der Waals surface area contributed by atoms with Gasteiger partial charge in [-0.3, -0.25) is 4.99 Å². The standard InChI is InChI=1S/C12H23N3O2S.HI/c1-10-3-2-5-15(8-10)12(13)14-7-11-4-6-18(16,17)9-11;/h10-11H,2-9H2,1H3,(H2,13,14);1H. The predicted molar refractivity (Wildman–Crippen MR) is 88.6 cm³/mol. The van der Waals surface area contributed by atoms with Crippen molar-refractivity contribution in [1.29, 1.82) is 0 Å². The Morgan fingerprint density at radius 3 is 2.74 bits per heavy atom. The molecule has 2 unspecified atom stereocenters. The lowest BCUT2D eigenvalue weighted by Gasteiger charge is -2.31. The highest BCUT2D eigenvalue weighted by Gasteiger charge is 2.27. The van der Waals surface area contributed by atoms with E-state index in [1.165, 1.54) is 6.42 Å². The fourth-order valence-electron chi connectivity index (χ4n) is 2.74. The van der Waals surface area contributed by atoms with Gasteiger partial charge in [0.25, 0.3) is 0 Å². The second-order valence-corrected chi connectivity index (χ2v) is 7.89. The van der Waals surface area contributed by atoms with Crippen LogP contribution in [0, 0.1) is 11.8 Å². The Bertz CT molecular complexity index is 425. The average molecular weight is 401 g/mol. The molecule has 2 fully saturated rings. The Morgan fingerprint density at radius 2 is 2.16 bits per heavy atom. The van der Waals surface area contributed by atoms with E-state index in [1.54, 1.807) is 0 Å². The highest BCUT2D eigenvalue weighted by molar-refractivity contribution is 14.0. The molecule has 7 heteroatoms. The number of nitrogens with zero attached hydrogens (tertiary/aromatic N) is 2. The zero-order valence-electron chi connectivity index (χ0n) is 11.4. The van der Waals surface area contributed by atoms with Gasteiger partial charge in [-0.2, -0.15) is 0 Å². The summed E-state index contributed by atoms with van der Waals surface area (Å²) in [5.74, 6) is 2.01. The minimum Gasteiger partial charge on any atom is -0.370 e. The maximum absolute atomic E-state index is 11.3. The van der Waals surface area contributed by atoms with Crippen molar-refractivity contribution in [1.82, 2.24) is 4.90 Å². The third kappa shape index (κ3) is 5.09. The summed E-state index contributed by atoms with van der Waals surface area (Å²) < 4.78 is 22.7. The van der Waals surface area contributed by atoms with Gasteiger partial charge in [0.2, 0.25) is 0 Å². The summed E-state index contributed by atoms with van der Waals surface area (Å²) >= 11 is 0. The van der Waals surface area contributed by atoms with Gasteiger partial charge in [0, 0.05) is 19.6 Å². The Labute approximate surface area is 133 Å². The van der Waals surface area contributed by atoms with Gasteiger partial charge in [0.1, 0.15) is 0 Å². The van der Waals surface area contributed by atoms with Crippen LogP contribution >= 0.6 is 24.0 Å². The predicted octanol–water partition coefficient (Wildman–Crippen LogP) is 1.09. The van der Waals surface area contributed by atoms with Crippen molar-refractivity contribution in [2.75, 3.05) is 31.1 Å². The van der Waals surface area contributed by atoms with E-state index in [0.29, 0.717) is 24.2 Å². The zero-order chi connectivity index (χ0) is 13.2. The van der Waals surface area contributed by atoms with Crippen LogP contribution in [-0.2, 0) is 9.84 Å². The zero-order valence-corrected chi connectivity index (χ0v) is 14.6. The smallest absolute Gasteiger partial charge is 0.191 e. The number of piperidine rings is 1.